The van der Waals surface area contributed by atoms with Crippen LogP contribution >= 0.6 is 11.3 Å². The Morgan fingerprint density at radius 1 is 1.48 bits per heavy atom. The van der Waals surface area contributed by atoms with Gasteiger partial charge in [0.05, 0.1) is 12.3 Å². The van der Waals surface area contributed by atoms with E-state index in [0.717, 1.165) is 5.13 Å². The Kier molecular flexibility index (Phi) is 5.58. The number of carbonyl (C=O) groups excluding carboxylic acids is 2. The SMILES string of the molecule is C=CCNc1nc([C@@]2(C)C[C@@]3(C[C@@H](COCC(C)C)OC3=O)C(=O)O2)cs1. The summed E-state index contributed by atoms with van der Waals surface area (Å²) in [6, 6.07) is 0. The first-order valence-electron chi connectivity index (χ1n) is 9.12. The molecule has 7 nitrogen and oxygen atoms in total. The molecule has 1 spiro atoms. The third kappa shape index (κ3) is 3.87. The van der Waals surface area contributed by atoms with E-state index < -0.39 is 29.1 Å². The van der Waals surface area contributed by atoms with E-state index in [1.165, 1.54) is 11.3 Å². The lowest BCUT2D eigenvalue weighted by Crippen LogP contribution is -2.32. The molecule has 3 rings (SSSR count). The summed E-state index contributed by atoms with van der Waals surface area (Å²) in [6.45, 7) is 11.0. The molecule has 0 aromatic carbocycles. The van der Waals surface area contributed by atoms with Crippen LogP contribution in [0.25, 0.3) is 0 Å². The number of aromatic nitrogens is 1. The third-order valence-corrected chi connectivity index (χ3v) is 5.59. The maximum absolute atomic E-state index is 12.7. The molecule has 1 N–H and O–H groups in total. The standard InChI is InChI=1S/C19H26N2O5S/c1-5-6-20-17-21-14(10-27-17)18(4)11-19(16(23)26-18)7-13(25-15(19)22)9-24-8-12(2)3/h5,10,12-13H,1,6-9,11H2,2-4H3,(H,20,21)/t13-,18+,19+/m0/s1. The number of cyclic esters (lactones) is 2. The second-order valence-corrected chi connectivity index (χ2v) is 8.61. The molecule has 27 heavy (non-hydrogen) atoms. The molecule has 3 atom stereocenters. The number of carbonyl (C=O) groups is 2. The number of esters is 2. The van der Waals surface area contributed by atoms with Gasteiger partial charge in [-0.05, 0) is 12.8 Å². The molecule has 0 bridgehead atoms. The zero-order valence-electron chi connectivity index (χ0n) is 15.9. The lowest BCUT2D eigenvalue weighted by molar-refractivity contribution is -0.160. The van der Waals surface area contributed by atoms with E-state index in [9.17, 15) is 9.59 Å². The molecule has 2 saturated heterocycles. The Morgan fingerprint density at radius 2 is 2.26 bits per heavy atom. The molecule has 0 radical (unpaired) electrons. The maximum atomic E-state index is 12.7. The Balaban J connectivity index is 1.71. The highest BCUT2D eigenvalue weighted by Crippen LogP contribution is 2.52. The first kappa shape index (κ1) is 19.8. The van der Waals surface area contributed by atoms with Crippen molar-refractivity contribution < 1.29 is 23.8 Å². The van der Waals surface area contributed by atoms with Gasteiger partial charge in [-0.3, -0.25) is 9.59 Å². The summed E-state index contributed by atoms with van der Waals surface area (Å²) < 4.78 is 16.7. The van der Waals surface area contributed by atoms with Crippen molar-refractivity contribution >= 4 is 28.4 Å². The first-order chi connectivity index (χ1) is 12.8. The van der Waals surface area contributed by atoms with Crippen molar-refractivity contribution in [2.45, 2.75) is 45.3 Å². The van der Waals surface area contributed by atoms with Gasteiger partial charge in [0.2, 0.25) is 0 Å². The fourth-order valence-electron chi connectivity index (χ4n) is 3.50. The van der Waals surface area contributed by atoms with Crippen LogP contribution in [0, 0.1) is 11.3 Å². The molecule has 0 unspecified atom stereocenters. The van der Waals surface area contributed by atoms with Crippen LogP contribution in [0.1, 0.15) is 39.3 Å². The molecule has 0 amide bonds. The summed E-state index contributed by atoms with van der Waals surface area (Å²) in [5.74, 6) is -0.658. The van der Waals surface area contributed by atoms with Gasteiger partial charge in [-0.25, -0.2) is 4.98 Å². The van der Waals surface area contributed by atoms with E-state index in [1.54, 1.807) is 13.0 Å². The fourth-order valence-corrected chi connectivity index (χ4v) is 4.35. The lowest BCUT2D eigenvalue weighted by atomic mass is 9.78. The summed E-state index contributed by atoms with van der Waals surface area (Å²) in [4.78, 5) is 29.8. The monoisotopic (exact) mass is 394 g/mol. The highest BCUT2D eigenvalue weighted by atomic mass is 32.1. The molecule has 1 aromatic heterocycles. The van der Waals surface area contributed by atoms with Crippen molar-refractivity contribution in [2.24, 2.45) is 11.3 Å². The Labute approximate surface area is 163 Å². The minimum Gasteiger partial charge on any atom is -0.459 e. The summed E-state index contributed by atoms with van der Waals surface area (Å²) in [7, 11) is 0. The summed E-state index contributed by atoms with van der Waals surface area (Å²) in [5, 5.41) is 5.68. The van der Waals surface area contributed by atoms with Gasteiger partial charge in [0.1, 0.15) is 6.10 Å². The lowest BCUT2D eigenvalue weighted by Gasteiger charge is -2.20. The molecule has 1 aromatic rings. The number of nitrogens with zero attached hydrogens (tertiary/aromatic N) is 1. The van der Waals surface area contributed by atoms with E-state index in [4.69, 9.17) is 14.2 Å². The number of rotatable bonds is 8. The average molecular weight is 394 g/mol. The maximum Gasteiger partial charge on any atom is 0.324 e. The van der Waals surface area contributed by atoms with Crippen molar-refractivity contribution in [1.82, 2.24) is 4.98 Å². The highest BCUT2D eigenvalue weighted by molar-refractivity contribution is 7.13. The third-order valence-electron chi connectivity index (χ3n) is 4.79. The van der Waals surface area contributed by atoms with Gasteiger partial charge in [0.15, 0.2) is 16.1 Å². The molecule has 2 fully saturated rings. The largest absolute Gasteiger partial charge is 0.459 e. The molecule has 2 aliphatic rings. The van der Waals surface area contributed by atoms with Crippen molar-refractivity contribution in [3.05, 3.63) is 23.7 Å². The Bertz CT molecular complexity index is 733. The average Bonchev–Trinajstić information content (AvgIpc) is 3.25. The smallest absolute Gasteiger partial charge is 0.324 e. The van der Waals surface area contributed by atoms with Gasteiger partial charge >= 0.3 is 11.9 Å². The zero-order valence-corrected chi connectivity index (χ0v) is 16.8. The second-order valence-electron chi connectivity index (χ2n) is 7.75. The minimum absolute atomic E-state index is 0.225. The van der Waals surface area contributed by atoms with Crippen molar-refractivity contribution in [3.8, 4) is 0 Å². The van der Waals surface area contributed by atoms with Gasteiger partial charge in [-0.1, -0.05) is 19.9 Å². The number of hydrogen-bond donors (Lipinski definition) is 1. The van der Waals surface area contributed by atoms with Crippen LogP contribution in [0.15, 0.2) is 18.0 Å². The van der Waals surface area contributed by atoms with Crippen LogP contribution in [-0.4, -0.2) is 42.8 Å². The van der Waals surface area contributed by atoms with E-state index in [-0.39, 0.29) is 12.8 Å². The van der Waals surface area contributed by atoms with Crippen molar-refractivity contribution in [2.75, 3.05) is 25.1 Å². The van der Waals surface area contributed by atoms with Crippen LogP contribution in [-0.2, 0) is 29.4 Å². The van der Waals surface area contributed by atoms with E-state index >= 15 is 0 Å². The number of hydrogen-bond acceptors (Lipinski definition) is 8. The van der Waals surface area contributed by atoms with Gasteiger partial charge in [-0.15, -0.1) is 17.9 Å². The van der Waals surface area contributed by atoms with E-state index in [0.29, 0.717) is 31.4 Å². The molecule has 2 aliphatic heterocycles. The van der Waals surface area contributed by atoms with Crippen LogP contribution in [0.2, 0.25) is 0 Å². The topological polar surface area (TPSA) is 86.8 Å². The molecular weight excluding hydrogens is 368 g/mol. The quantitative estimate of drug-likeness (QED) is 0.412. The first-order valence-corrected chi connectivity index (χ1v) is 10.00. The minimum atomic E-state index is -1.26. The fraction of sp³-hybridized carbons (Fsp3) is 0.632. The molecule has 0 saturated carbocycles. The predicted octanol–water partition coefficient (Wildman–Crippen LogP) is 2.88. The van der Waals surface area contributed by atoms with Gasteiger partial charge in [0, 0.05) is 31.4 Å². The number of anilines is 1. The normalized spacial score (nSPS) is 30.0. The van der Waals surface area contributed by atoms with Gasteiger partial charge in [0.25, 0.3) is 0 Å². The summed E-state index contributed by atoms with van der Waals surface area (Å²) in [6.07, 6.45) is 1.82. The van der Waals surface area contributed by atoms with Gasteiger partial charge < -0.3 is 19.5 Å². The zero-order chi connectivity index (χ0) is 19.7. The molecule has 148 valence electrons. The van der Waals surface area contributed by atoms with Crippen molar-refractivity contribution in [3.63, 3.8) is 0 Å². The predicted molar refractivity (Wildman–Crippen MR) is 101 cm³/mol. The number of nitrogens with one attached hydrogen (secondary N) is 1. The molecule has 0 aliphatic carbocycles. The number of ether oxygens (including phenoxy) is 3. The molecular formula is C19H26N2O5S. The Morgan fingerprint density at radius 3 is 2.96 bits per heavy atom. The molecule has 3 heterocycles. The van der Waals surface area contributed by atoms with Crippen LogP contribution in [0.3, 0.4) is 0 Å². The van der Waals surface area contributed by atoms with Crippen LogP contribution < -0.4 is 5.32 Å². The number of thiazole rings is 1. The van der Waals surface area contributed by atoms with Crippen LogP contribution in [0.5, 0.6) is 0 Å². The summed E-state index contributed by atoms with van der Waals surface area (Å²) >= 11 is 1.42. The van der Waals surface area contributed by atoms with Crippen molar-refractivity contribution in [1.29, 1.82) is 0 Å². The highest BCUT2D eigenvalue weighted by Gasteiger charge is 2.65. The van der Waals surface area contributed by atoms with Crippen LogP contribution in [0.4, 0.5) is 5.13 Å². The Hall–Kier alpha value is -1.93. The van der Waals surface area contributed by atoms with E-state index in [2.05, 4.69) is 16.9 Å². The summed E-state index contributed by atoms with van der Waals surface area (Å²) in [5.41, 5.74) is -1.58. The van der Waals surface area contributed by atoms with Gasteiger partial charge in [-0.2, -0.15) is 0 Å². The second kappa shape index (κ2) is 7.59. The van der Waals surface area contributed by atoms with E-state index in [1.807, 2.05) is 19.2 Å². The molecule has 8 heteroatoms.